The second kappa shape index (κ2) is 4.46. The van der Waals surface area contributed by atoms with Crippen LogP contribution in [0.25, 0.3) is 10.9 Å². The zero-order valence-electron chi connectivity index (χ0n) is 7.34. The van der Waals surface area contributed by atoms with Gasteiger partial charge in [-0.1, -0.05) is 18.2 Å². The van der Waals surface area contributed by atoms with Gasteiger partial charge in [-0.25, -0.2) is 4.79 Å². The van der Waals surface area contributed by atoms with E-state index in [0.29, 0.717) is 5.52 Å². The van der Waals surface area contributed by atoms with Gasteiger partial charge in [0, 0.05) is 37.4 Å². The van der Waals surface area contributed by atoms with Crippen LogP contribution >= 0.6 is 0 Å². The molecule has 0 aliphatic rings. The Morgan fingerprint density at radius 1 is 1.21 bits per heavy atom. The van der Waals surface area contributed by atoms with Gasteiger partial charge in [0.15, 0.2) is 0 Å². The second-order valence-electron chi connectivity index (χ2n) is 2.69. The van der Waals surface area contributed by atoms with Gasteiger partial charge in [0.25, 0.3) is 0 Å². The van der Waals surface area contributed by atoms with Gasteiger partial charge >= 0.3 is 5.97 Å². The molecule has 67 valence electrons. The van der Waals surface area contributed by atoms with Crippen molar-refractivity contribution in [1.82, 2.24) is 4.98 Å². The molecule has 0 aliphatic heterocycles. The van der Waals surface area contributed by atoms with E-state index in [1.807, 2.05) is 12.1 Å². The molecule has 0 spiro atoms. The molecule has 1 aromatic carbocycles. The average molecular weight is 218 g/mol. The van der Waals surface area contributed by atoms with Crippen LogP contribution in [0, 0.1) is 0 Å². The van der Waals surface area contributed by atoms with E-state index >= 15 is 0 Å². The van der Waals surface area contributed by atoms with E-state index in [0.717, 1.165) is 5.39 Å². The molecule has 2 aromatic rings. The van der Waals surface area contributed by atoms with Gasteiger partial charge < -0.3 is 5.11 Å². The third kappa shape index (κ3) is 1.90. The molecular weight excluding hydrogens is 211 g/mol. The van der Waals surface area contributed by atoms with Gasteiger partial charge in [0.2, 0.25) is 0 Å². The number of carboxylic acid groups (broad SMARTS) is 1. The molecule has 0 atom stereocenters. The number of carboxylic acids is 1. The Hall–Kier alpha value is -1.03. The minimum absolute atomic E-state index is 0. The summed E-state index contributed by atoms with van der Waals surface area (Å²) in [7, 11) is 0. The molecule has 0 saturated carbocycles. The minimum Gasteiger partial charge on any atom is -0.478 e. The van der Waals surface area contributed by atoms with Crippen LogP contribution in [0.15, 0.2) is 36.5 Å². The number of hydrogen-bond donors (Lipinski definition) is 1. The molecular formula is C10H7NO2Sc. The van der Waals surface area contributed by atoms with Gasteiger partial charge in [-0.15, -0.1) is 0 Å². The summed E-state index contributed by atoms with van der Waals surface area (Å²) >= 11 is 0. The van der Waals surface area contributed by atoms with Crippen LogP contribution < -0.4 is 0 Å². The largest absolute Gasteiger partial charge is 0.478 e. The minimum atomic E-state index is -0.940. The fourth-order valence-electron chi connectivity index (χ4n) is 1.28. The van der Waals surface area contributed by atoms with Crippen molar-refractivity contribution in [3.05, 3.63) is 42.1 Å². The van der Waals surface area contributed by atoms with Crippen molar-refractivity contribution in [2.45, 2.75) is 0 Å². The zero-order valence-corrected chi connectivity index (χ0v) is 9.15. The first-order chi connectivity index (χ1) is 6.29. The molecule has 0 unspecified atom stereocenters. The van der Waals surface area contributed by atoms with Crippen molar-refractivity contribution in [1.29, 1.82) is 0 Å². The SMILES string of the molecule is O=C(O)c1cccc2cccnc12.[Sc]. The summed E-state index contributed by atoms with van der Waals surface area (Å²) < 4.78 is 0. The Labute approximate surface area is 99.6 Å². The maximum Gasteiger partial charge on any atom is 0.337 e. The molecule has 0 amide bonds. The maximum absolute atomic E-state index is 10.8. The van der Waals surface area contributed by atoms with Crippen molar-refractivity contribution in [3.8, 4) is 0 Å². The van der Waals surface area contributed by atoms with Crippen LogP contribution in [0.5, 0.6) is 0 Å². The number of rotatable bonds is 1. The molecule has 4 heteroatoms. The Morgan fingerprint density at radius 2 is 1.93 bits per heavy atom. The molecule has 3 nitrogen and oxygen atoms in total. The zero-order chi connectivity index (χ0) is 9.26. The summed E-state index contributed by atoms with van der Waals surface area (Å²) in [6, 6.07) is 8.74. The number of pyridine rings is 1. The van der Waals surface area contributed by atoms with Crippen LogP contribution in [0.3, 0.4) is 0 Å². The van der Waals surface area contributed by atoms with Crippen molar-refractivity contribution in [3.63, 3.8) is 0 Å². The van der Waals surface area contributed by atoms with Crippen molar-refractivity contribution in [2.24, 2.45) is 0 Å². The van der Waals surface area contributed by atoms with Crippen LogP contribution in [0.2, 0.25) is 0 Å². The predicted octanol–water partition coefficient (Wildman–Crippen LogP) is 1.93. The van der Waals surface area contributed by atoms with E-state index in [9.17, 15) is 4.79 Å². The summed E-state index contributed by atoms with van der Waals surface area (Å²) in [4.78, 5) is 14.8. The average Bonchev–Trinajstić information content (AvgIpc) is 2.17. The Balaban J connectivity index is 0.000000980. The van der Waals surface area contributed by atoms with E-state index in [2.05, 4.69) is 4.98 Å². The summed E-state index contributed by atoms with van der Waals surface area (Å²) in [6.45, 7) is 0. The summed E-state index contributed by atoms with van der Waals surface area (Å²) in [5.74, 6) is -0.940. The Morgan fingerprint density at radius 3 is 2.64 bits per heavy atom. The molecule has 14 heavy (non-hydrogen) atoms. The first-order valence-corrected chi connectivity index (χ1v) is 3.86. The number of hydrogen-bond acceptors (Lipinski definition) is 2. The maximum atomic E-state index is 10.8. The van der Waals surface area contributed by atoms with Gasteiger partial charge in [-0.2, -0.15) is 0 Å². The molecule has 1 radical (unpaired) electrons. The standard InChI is InChI=1S/C10H7NO2.Sc/c12-10(13)8-5-1-3-7-4-2-6-11-9(7)8;/h1-6H,(H,12,13);. The van der Waals surface area contributed by atoms with E-state index in [4.69, 9.17) is 5.11 Å². The molecule has 0 aliphatic carbocycles. The van der Waals surface area contributed by atoms with Crippen LogP contribution in [-0.2, 0) is 25.8 Å². The number of para-hydroxylation sites is 1. The first-order valence-electron chi connectivity index (χ1n) is 3.86. The van der Waals surface area contributed by atoms with Gasteiger partial charge in [-0.3, -0.25) is 4.98 Å². The number of fused-ring (bicyclic) bond motifs is 1. The quantitative estimate of drug-likeness (QED) is 0.795. The first kappa shape index (κ1) is 11.0. The van der Waals surface area contributed by atoms with Crippen molar-refractivity contribution >= 4 is 16.9 Å². The van der Waals surface area contributed by atoms with Crippen molar-refractivity contribution < 1.29 is 35.7 Å². The molecule has 2 rings (SSSR count). The molecule has 0 saturated heterocycles. The Kier molecular flexibility index (Phi) is 3.52. The normalized spacial score (nSPS) is 9.43. The molecule has 0 bridgehead atoms. The van der Waals surface area contributed by atoms with E-state index in [1.165, 1.54) is 0 Å². The molecule has 1 N–H and O–H groups in total. The van der Waals surface area contributed by atoms with Gasteiger partial charge in [0.1, 0.15) is 0 Å². The predicted molar refractivity (Wildman–Crippen MR) is 48.7 cm³/mol. The van der Waals surface area contributed by atoms with Crippen LogP contribution in [-0.4, -0.2) is 16.1 Å². The fraction of sp³-hybridized carbons (Fsp3) is 0. The smallest absolute Gasteiger partial charge is 0.337 e. The fourth-order valence-corrected chi connectivity index (χ4v) is 1.28. The third-order valence-corrected chi connectivity index (χ3v) is 1.86. The van der Waals surface area contributed by atoms with Crippen LogP contribution in [0.1, 0.15) is 10.4 Å². The van der Waals surface area contributed by atoms with Crippen molar-refractivity contribution in [2.75, 3.05) is 0 Å². The summed E-state index contributed by atoms with van der Waals surface area (Å²) in [5.41, 5.74) is 0.788. The monoisotopic (exact) mass is 218 g/mol. The number of benzene rings is 1. The summed E-state index contributed by atoms with van der Waals surface area (Å²) in [5, 5.41) is 9.69. The number of aromatic nitrogens is 1. The molecule has 1 heterocycles. The number of carbonyl (C=O) groups is 1. The van der Waals surface area contributed by atoms with Crippen LogP contribution in [0.4, 0.5) is 0 Å². The number of nitrogens with zero attached hydrogens (tertiary/aromatic N) is 1. The van der Waals surface area contributed by atoms with Gasteiger partial charge in [0.05, 0.1) is 11.1 Å². The van der Waals surface area contributed by atoms with E-state index in [-0.39, 0.29) is 31.4 Å². The van der Waals surface area contributed by atoms with E-state index in [1.54, 1.807) is 24.4 Å². The Bertz CT molecular complexity index is 465. The molecule has 1 aromatic heterocycles. The second-order valence-corrected chi connectivity index (χ2v) is 2.69. The molecule has 0 fully saturated rings. The summed E-state index contributed by atoms with van der Waals surface area (Å²) in [6.07, 6.45) is 1.59. The third-order valence-electron chi connectivity index (χ3n) is 1.86. The topological polar surface area (TPSA) is 50.2 Å². The van der Waals surface area contributed by atoms with E-state index < -0.39 is 5.97 Å². The number of aromatic carboxylic acids is 1. The van der Waals surface area contributed by atoms with Gasteiger partial charge in [-0.05, 0) is 12.1 Å².